The molecule has 1 aliphatic heterocycles. The van der Waals surface area contributed by atoms with Crippen molar-refractivity contribution in [1.29, 1.82) is 0 Å². The van der Waals surface area contributed by atoms with E-state index in [0.29, 0.717) is 33.6 Å². The van der Waals surface area contributed by atoms with Crippen LogP contribution >= 0.6 is 0 Å². The van der Waals surface area contributed by atoms with Crippen LogP contribution in [0, 0.1) is 0 Å². The lowest BCUT2D eigenvalue weighted by Crippen LogP contribution is -2.63. The van der Waals surface area contributed by atoms with Gasteiger partial charge in [-0.15, -0.1) is 0 Å². The lowest BCUT2D eigenvalue weighted by molar-refractivity contribution is -0.298. The van der Waals surface area contributed by atoms with Crippen molar-refractivity contribution in [2.75, 3.05) is 113 Å². The highest BCUT2D eigenvalue weighted by molar-refractivity contribution is 5.91. The number of ether oxygens (including phenoxy) is 21. The molecule has 0 amide bonds. The van der Waals surface area contributed by atoms with E-state index in [1.54, 1.807) is 36.4 Å². The highest BCUT2D eigenvalue weighted by Crippen LogP contribution is 2.43. The molecule has 5 atom stereocenters. The van der Waals surface area contributed by atoms with Crippen molar-refractivity contribution in [2.24, 2.45) is 0 Å². The maximum Gasteiger partial charge on any atom is 0.333 e. The summed E-state index contributed by atoms with van der Waals surface area (Å²) in [4.78, 5) is 71.4. The number of methoxy groups -OCH3 is 15. The van der Waals surface area contributed by atoms with Crippen molar-refractivity contribution in [3.8, 4) is 86.2 Å². The molecule has 492 valence electrons. The third kappa shape index (κ3) is 17.7. The van der Waals surface area contributed by atoms with Crippen LogP contribution in [0.5, 0.6) is 86.2 Å². The monoisotopic (exact) mass is 1280 g/mol. The maximum absolute atomic E-state index is 14.5. The van der Waals surface area contributed by atoms with Crippen molar-refractivity contribution in [2.45, 2.75) is 30.7 Å². The van der Waals surface area contributed by atoms with Crippen molar-refractivity contribution in [3.05, 3.63) is 119 Å². The molecule has 0 radical (unpaired) electrons. The van der Waals surface area contributed by atoms with Gasteiger partial charge in [0.25, 0.3) is 0 Å². The first kappa shape index (κ1) is 70.2. The van der Waals surface area contributed by atoms with Gasteiger partial charge >= 0.3 is 29.8 Å². The first-order valence-corrected chi connectivity index (χ1v) is 27.5. The topological polar surface area (TPSA) is 279 Å². The minimum absolute atomic E-state index is 0.238. The van der Waals surface area contributed by atoms with Crippen LogP contribution in [-0.4, -0.2) is 174 Å². The molecular formula is C66H72O26. The Kier molecular flexibility index (Phi) is 26.1. The Labute approximate surface area is 531 Å². The van der Waals surface area contributed by atoms with E-state index in [1.165, 1.54) is 161 Å². The number of hydrogen-bond donors (Lipinski definition) is 0. The number of carbonyl (C=O) groups excluding carboxylic acids is 5. The summed E-state index contributed by atoms with van der Waals surface area (Å²) in [6.07, 6.45) is 2.03. The summed E-state index contributed by atoms with van der Waals surface area (Å²) in [5, 5.41) is 0. The molecule has 26 nitrogen and oxygen atoms in total. The average molecular weight is 1280 g/mol. The van der Waals surface area contributed by atoms with E-state index < -0.39 is 67.2 Å². The van der Waals surface area contributed by atoms with Crippen LogP contribution in [-0.2, 0) is 52.4 Å². The third-order valence-electron chi connectivity index (χ3n) is 13.5. The van der Waals surface area contributed by atoms with Gasteiger partial charge in [-0.1, -0.05) is 0 Å². The first-order chi connectivity index (χ1) is 44.4. The number of hydrogen-bond acceptors (Lipinski definition) is 26. The van der Waals surface area contributed by atoms with Crippen LogP contribution in [0.2, 0.25) is 0 Å². The minimum Gasteiger partial charge on any atom is -0.493 e. The van der Waals surface area contributed by atoms with Crippen molar-refractivity contribution >= 4 is 60.2 Å². The molecule has 0 saturated carbocycles. The van der Waals surface area contributed by atoms with Gasteiger partial charge in [0.2, 0.25) is 41.1 Å². The molecule has 1 saturated heterocycles. The lowest BCUT2D eigenvalue weighted by atomic mass is 9.98. The second kappa shape index (κ2) is 34.2. The molecule has 6 rings (SSSR count). The molecule has 0 aliphatic carbocycles. The van der Waals surface area contributed by atoms with E-state index in [4.69, 9.17) is 99.5 Å². The van der Waals surface area contributed by atoms with Crippen molar-refractivity contribution in [1.82, 2.24) is 0 Å². The highest BCUT2D eigenvalue weighted by atomic mass is 16.7. The molecule has 5 aromatic rings. The van der Waals surface area contributed by atoms with Crippen LogP contribution in [0.1, 0.15) is 27.8 Å². The van der Waals surface area contributed by atoms with Crippen LogP contribution in [0.3, 0.4) is 0 Å². The zero-order valence-electron chi connectivity index (χ0n) is 53.3. The van der Waals surface area contributed by atoms with E-state index >= 15 is 0 Å². The van der Waals surface area contributed by atoms with Gasteiger partial charge in [0.15, 0.2) is 69.7 Å². The van der Waals surface area contributed by atoms with Gasteiger partial charge in [-0.3, -0.25) is 0 Å². The fourth-order valence-electron chi connectivity index (χ4n) is 9.20. The molecule has 0 bridgehead atoms. The molecule has 1 aliphatic rings. The molecule has 1 heterocycles. The Bertz CT molecular complexity index is 3440. The Morgan fingerprint density at radius 3 is 0.750 bits per heavy atom. The Balaban J connectivity index is 1.52. The van der Waals surface area contributed by atoms with Gasteiger partial charge < -0.3 is 99.5 Å². The van der Waals surface area contributed by atoms with Gasteiger partial charge in [0.1, 0.15) is 12.7 Å². The van der Waals surface area contributed by atoms with Crippen LogP contribution < -0.4 is 71.1 Å². The fourth-order valence-corrected chi connectivity index (χ4v) is 9.20. The Morgan fingerprint density at radius 2 is 0.511 bits per heavy atom. The predicted molar refractivity (Wildman–Crippen MR) is 331 cm³/mol. The molecule has 92 heavy (non-hydrogen) atoms. The zero-order chi connectivity index (χ0) is 67.0. The van der Waals surface area contributed by atoms with E-state index in [0.717, 1.165) is 30.4 Å². The van der Waals surface area contributed by atoms with Gasteiger partial charge in [-0.05, 0) is 119 Å². The summed E-state index contributed by atoms with van der Waals surface area (Å²) < 4.78 is 119. The normalized spacial score (nSPS) is 16.1. The summed E-state index contributed by atoms with van der Waals surface area (Å²) in [6.45, 7) is -0.820. The molecule has 5 aromatic carbocycles. The summed E-state index contributed by atoms with van der Waals surface area (Å²) in [6, 6.07) is 15.5. The Hall–Kier alpha value is -10.9. The highest BCUT2D eigenvalue weighted by Gasteiger charge is 2.54. The summed E-state index contributed by atoms with van der Waals surface area (Å²) in [5.41, 5.74) is 1.83. The number of benzene rings is 5. The molecular weight excluding hydrogens is 1210 g/mol. The number of esters is 5. The van der Waals surface area contributed by atoms with E-state index in [1.807, 2.05) is 0 Å². The predicted octanol–water partition coefficient (Wildman–Crippen LogP) is 8.23. The third-order valence-corrected chi connectivity index (χ3v) is 13.5. The van der Waals surface area contributed by atoms with Gasteiger partial charge in [0, 0.05) is 30.4 Å². The van der Waals surface area contributed by atoms with Crippen LogP contribution in [0.15, 0.2) is 91.0 Å². The van der Waals surface area contributed by atoms with E-state index in [9.17, 15) is 24.0 Å². The van der Waals surface area contributed by atoms with Crippen molar-refractivity contribution in [3.63, 3.8) is 0 Å². The van der Waals surface area contributed by atoms with E-state index in [-0.39, 0.29) is 80.5 Å². The zero-order valence-corrected chi connectivity index (χ0v) is 53.3. The second-order valence-electron chi connectivity index (χ2n) is 18.8. The Morgan fingerprint density at radius 1 is 0.293 bits per heavy atom. The van der Waals surface area contributed by atoms with Gasteiger partial charge in [-0.2, -0.15) is 0 Å². The molecule has 0 spiro atoms. The number of carbonyl (C=O) groups is 5. The molecule has 0 unspecified atom stereocenters. The maximum atomic E-state index is 14.5. The first-order valence-electron chi connectivity index (χ1n) is 27.5. The standard InChI is InChI=1S/C66H72O26/c1-72-42-26-37(27-43(73-2)58(42)82-11)16-21-53(67)87-36-52-63(89-54(68)22-17-38-28-44(74-3)59(83-12)45(29-38)75-4)64(90-55(69)23-18-39-30-46(76-5)60(84-13)47(31-39)77-6)65(91-56(70)24-19-40-32-48(78-7)61(85-14)49(33-40)79-8)66(88-52)92-57(71)25-20-41-34-50(80-9)62(86-15)51(35-41)81-10/h16-35,52,63-66H,36H2,1-15H3/b21-16+,22-17+,23-18+,24-19+,25-20+/t52-,63+,64+,65+,66+/m1/s1. The van der Waals surface area contributed by atoms with Gasteiger partial charge in [0.05, 0.1) is 107 Å². The summed E-state index contributed by atoms with van der Waals surface area (Å²) in [7, 11) is 21.2. The largest absolute Gasteiger partial charge is 0.493 e. The average Bonchev–Trinajstić information content (AvgIpc) is 0.853. The SMILES string of the molecule is COc1cc(/C=C/C(=O)OC[C@H]2O[C@@H](OC(=O)/C=C/c3cc(OC)c(OC)c(OC)c3)[C@@H](OC(=O)/C=C/c3cc(OC)c(OC)c(OC)c3)[C@@H](OC(=O)/C=C/c3cc(OC)c(OC)c(OC)c3)[C@H]2OC(=O)/C=C/c2cc(OC)c(OC)c(OC)c2)cc(OC)c1OC. The van der Waals surface area contributed by atoms with Gasteiger partial charge in [-0.25, -0.2) is 24.0 Å². The molecule has 0 aromatic heterocycles. The minimum atomic E-state index is -2.08. The lowest BCUT2D eigenvalue weighted by Gasteiger charge is -2.43. The molecule has 1 fully saturated rings. The second-order valence-corrected chi connectivity index (χ2v) is 18.8. The van der Waals surface area contributed by atoms with Crippen LogP contribution in [0.4, 0.5) is 0 Å². The van der Waals surface area contributed by atoms with Crippen LogP contribution in [0.25, 0.3) is 30.4 Å². The molecule has 26 heteroatoms. The smallest absolute Gasteiger partial charge is 0.333 e. The van der Waals surface area contributed by atoms with Crippen molar-refractivity contribution < 1.29 is 123 Å². The number of rotatable bonds is 31. The molecule has 0 N–H and O–H groups in total. The quantitative estimate of drug-likeness (QED) is 0.0229. The summed E-state index contributed by atoms with van der Waals surface area (Å²) >= 11 is 0. The van der Waals surface area contributed by atoms with E-state index in [2.05, 4.69) is 0 Å². The summed E-state index contributed by atoms with van der Waals surface area (Å²) in [5.74, 6) is -1.66. The fraction of sp³-hybridized carbons (Fsp3) is 0.318.